The first-order valence-electron chi connectivity index (χ1n) is 8.88. The molecule has 0 saturated heterocycles. The van der Waals surface area contributed by atoms with Gasteiger partial charge in [-0.05, 0) is 54.3 Å². The second-order valence-corrected chi connectivity index (χ2v) is 9.51. The van der Waals surface area contributed by atoms with Gasteiger partial charge in [0.15, 0.2) is 12.4 Å². The van der Waals surface area contributed by atoms with Crippen LogP contribution in [0.2, 0.25) is 10.0 Å². The summed E-state index contributed by atoms with van der Waals surface area (Å²) in [5, 5.41) is 0.728. The largest absolute Gasteiger partial charge is 0.457 e. The molecule has 0 unspecified atom stereocenters. The lowest BCUT2D eigenvalue weighted by molar-refractivity contribution is -0.141. The maximum atomic E-state index is 12.4. The Morgan fingerprint density at radius 3 is 2.55 bits per heavy atom. The van der Waals surface area contributed by atoms with Gasteiger partial charge in [0.25, 0.3) is 0 Å². The highest BCUT2D eigenvalue weighted by Crippen LogP contribution is 2.30. The predicted octanol–water partition coefficient (Wildman–Crippen LogP) is 3.67. The predicted molar refractivity (Wildman–Crippen MR) is 112 cm³/mol. The molecule has 1 aliphatic heterocycles. The number of hydrogen-bond acceptors (Lipinski definition) is 5. The van der Waals surface area contributed by atoms with E-state index in [9.17, 15) is 18.0 Å². The number of esters is 1. The monoisotopic (exact) mass is 455 g/mol. The van der Waals surface area contributed by atoms with Crippen molar-refractivity contribution in [1.82, 2.24) is 0 Å². The molecule has 1 heterocycles. The molecule has 0 bridgehead atoms. The molecule has 29 heavy (non-hydrogen) atoms. The van der Waals surface area contributed by atoms with Crippen LogP contribution in [-0.2, 0) is 32.4 Å². The number of sulfonamides is 1. The third-order valence-electron chi connectivity index (χ3n) is 4.57. The van der Waals surface area contributed by atoms with Crippen LogP contribution in [0.4, 0.5) is 5.69 Å². The van der Waals surface area contributed by atoms with Gasteiger partial charge in [0, 0.05) is 12.1 Å². The number of carbonyl (C=O) groups excluding carboxylic acids is 2. The van der Waals surface area contributed by atoms with E-state index in [0.717, 1.165) is 11.8 Å². The van der Waals surface area contributed by atoms with Gasteiger partial charge in [-0.2, -0.15) is 0 Å². The fraction of sp³-hybridized carbons (Fsp3) is 0.300. The molecule has 0 amide bonds. The number of hydrogen-bond donors (Lipinski definition) is 0. The summed E-state index contributed by atoms with van der Waals surface area (Å²) in [6.45, 7) is 0.0280. The number of ether oxygens (including phenoxy) is 1. The maximum absolute atomic E-state index is 12.4. The second kappa shape index (κ2) is 8.73. The van der Waals surface area contributed by atoms with Crippen molar-refractivity contribution in [3.05, 3.63) is 63.1 Å². The summed E-state index contributed by atoms with van der Waals surface area (Å²) in [5.74, 6) is -0.912. The molecule has 0 atom stereocenters. The summed E-state index contributed by atoms with van der Waals surface area (Å²) >= 11 is 11.8. The quantitative estimate of drug-likeness (QED) is 0.490. The number of halogens is 2. The van der Waals surface area contributed by atoms with E-state index in [2.05, 4.69) is 0 Å². The molecule has 0 fully saturated rings. The van der Waals surface area contributed by atoms with Crippen LogP contribution >= 0.6 is 23.2 Å². The number of Topliss-reactive ketones (excluding diaryl/α,β-unsaturated/α-hetero) is 1. The van der Waals surface area contributed by atoms with Gasteiger partial charge >= 0.3 is 5.97 Å². The van der Waals surface area contributed by atoms with Crippen LogP contribution in [0.3, 0.4) is 0 Å². The Balaban J connectivity index is 1.64. The van der Waals surface area contributed by atoms with E-state index in [0.29, 0.717) is 46.2 Å². The summed E-state index contributed by atoms with van der Waals surface area (Å²) in [5.41, 5.74) is 2.38. The van der Waals surface area contributed by atoms with E-state index in [1.165, 1.54) is 4.31 Å². The zero-order valence-corrected chi connectivity index (χ0v) is 18.0. The van der Waals surface area contributed by atoms with Crippen LogP contribution in [0.1, 0.15) is 27.9 Å². The van der Waals surface area contributed by atoms with Gasteiger partial charge in [-0.1, -0.05) is 29.3 Å². The Hall–Kier alpha value is -2.09. The smallest absolute Gasteiger partial charge is 0.310 e. The molecule has 9 heteroatoms. The Morgan fingerprint density at radius 2 is 1.86 bits per heavy atom. The fourth-order valence-electron chi connectivity index (χ4n) is 3.18. The maximum Gasteiger partial charge on any atom is 0.310 e. The molecule has 6 nitrogen and oxygen atoms in total. The lowest BCUT2D eigenvalue weighted by Gasteiger charge is -2.29. The standard InChI is InChI=1S/C20H19Cl2NO5S/c1-29(26,27)23-8-2-3-14-11-15(5-7-18(14)23)19(24)12-28-20(25)10-13-4-6-16(21)17(22)9-13/h4-7,9,11H,2-3,8,10,12H2,1H3. The summed E-state index contributed by atoms with van der Waals surface area (Å²) < 4.78 is 30.3. The molecule has 154 valence electrons. The summed E-state index contributed by atoms with van der Waals surface area (Å²) in [6, 6.07) is 9.67. The van der Waals surface area contributed by atoms with Crippen molar-refractivity contribution < 1.29 is 22.7 Å². The Kier molecular flexibility index (Phi) is 6.51. The third kappa shape index (κ3) is 5.29. The lowest BCUT2D eigenvalue weighted by atomic mass is 9.99. The van der Waals surface area contributed by atoms with Crippen LogP contribution in [0, 0.1) is 0 Å². The van der Waals surface area contributed by atoms with E-state index in [4.69, 9.17) is 27.9 Å². The highest BCUT2D eigenvalue weighted by Gasteiger charge is 2.24. The van der Waals surface area contributed by atoms with Gasteiger partial charge in [-0.15, -0.1) is 0 Å². The molecule has 2 aromatic carbocycles. The topological polar surface area (TPSA) is 80.8 Å². The summed E-state index contributed by atoms with van der Waals surface area (Å²) in [6.07, 6.45) is 2.49. The van der Waals surface area contributed by atoms with Crippen LogP contribution < -0.4 is 4.31 Å². The molecule has 0 radical (unpaired) electrons. The fourth-order valence-corrected chi connectivity index (χ4v) is 4.49. The number of rotatable bonds is 6. The first-order chi connectivity index (χ1) is 13.6. The van der Waals surface area contributed by atoms with Gasteiger partial charge in [0.1, 0.15) is 0 Å². The van der Waals surface area contributed by atoms with Crippen molar-refractivity contribution in [2.45, 2.75) is 19.3 Å². The van der Waals surface area contributed by atoms with E-state index < -0.39 is 22.6 Å². The minimum absolute atomic E-state index is 0.0301. The molecule has 1 aliphatic rings. The molecular weight excluding hydrogens is 437 g/mol. The molecular formula is C20H19Cl2NO5S. The van der Waals surface area contributed by atoms with Crippen molar-refractivity contribution in [2.24, 2.45) is 0 Å². The van der Waals surface area contributed by atoms with Gasteiger partial charge < -0.3 is 4.74 Å². The van der Waals surface area contributed by atoms with Crippen molar-refractivity contribution in [3.8, 4) is 0 Å². The highest BCUT2D eigenvalue weighted by molar-refractivity contribution is 7.92. The minimum Gasteiger partial charge on any atom is -0.457 e. The number of aryl methyl sites for hydroxylation is 1. The van der Waals surface area contributed by atoms with Crippen molar-refractivity contribution in [3.63, 3.8) is 0 Å². The molecule has 3 rings (SSSR count). The number of ketones is 1. The zero-order chi connectivity index (χ0) is 21.2. The first kappa shape index (κ1) is 21.6. The summed E-state index contributed by atoms with van der Waals surface area (Å²) in [4.78, 5) is 24.4. The minimum atomic E-state index is -3.37. The molecule has 2 aromatic rings. The van der Waals surface area contributed by atoms with Crippen LogP contribution in [0.25, 0.3) is 0 Å². The molecule has 0 aromatic heterocycles. The highest BCUT2D eigenvalue weighted by atomic mass is 35.5. The van der Waals surface area contributed by atoms with E-state index in [1.807, 2.05) is 0 Å². The number of carbonyl (C=O) groups is 2. The number of fused-ring (bicyclic) bond motifs is 1. The van der Waals surface area contributed by atoms with E-state index in [1.54, 1.807) is 36.4 Å². The number of nitrogens with zero attached hydrogens (tertiary/aromatic N) is 1. The second-order valence-electron chi connectivity index (χ2n) is 6.79. The van der Waals surface area contributed by atoms with Gasteiger partial charge in [0.05, 0.1) is 28.4 Å². The molecule has 0 saturated carbocycles. The van der Waals surface area contributed by atoms with E-state index in [-0.39, 0.29) is 12.2 Å². The Bertz CT molecular complexity index is 1070. The van der Waals surface area contributed by atoms with Crippen LogP contribution in [0.15, 0.2) is 36.4 Å². The molecule has 0 aliphatic carbocycles. The first-order valence-corrected chi connectivity index (χ1v) is 11.5. The summed E-state index contributed by atoms with van der Waals surface area (Å²) in [7, 11) is -3.37. The Morgan fingerprint density at radius 1 is 1.10 bits per heavy atom. The molecule has 0 spiro atoms. The number of benzene rings is 2. The third-order valence-corrected chi connectivity index (χ3v) is 6.49. The van der Waals surface area contributed by atoms with Gasteiger partial charge in [-0.3, -0.25) is 13.9 Å². The van der Waals surface area contributed by atoms with Gasteiger partial charge in [-0.25, -0.2) is 8.42 Å². The number of anilines is 1. The molecule has 0 N–H and O–H groups in total. The van der Waals surface area contributed by atoms with E-state index >= 15 is 0 Å². The van der Waals surface area contributed by atoms with Gasteiger partial charge in [0.2, 0.25) is 10.0 Å². The van der Waals surface area contributed by atoms with Crippen molar-refractivity contribution >= 4 is 50.7 Å². The van der Waals surface area contributed by atoms with Crippen LogP contribution in [0.5, 0.6) is 0 Å². The van der Waals surface area contributed by atoms with Crippen molar-refractivity contribution in [1.29, 1.82) is 0 Å². The zero-order valence-electron chi connectivity index (χ0n) is 15.7. The van der Waals surface area contributed by atoms with Crippen LogP contribution in [-0.4, -0.2) is 39.6 Å². The SMILES string of the molecule is CS(=O)(=O)N1CCCc2cc(C(=O)COC(=O)Cc3ccc(Cl)c(Cl)c3)ccc21. The average molecular weight is 456 g/mol. The average Bonchev–Trinajstić information content (AvgIpc) is 2.67. The van der Waals surface area contributed by atoms with Crippen molar-refractivity contribution in [2.75, 3.05) is 23.7 Å². The Labute approximate surface area is 179 Å². The lowest BCUT2D eigenvalue weighted by Crippen LogP contribution is -2.34. The normalized spacial score (nSPS) is 13.7.